The molecule has 6 heteroatoms. The van der Waals surface area contributed by atoms with E-state index in [-0.39, 0.29) is 12.0 Å². The predicted molar refractivity (Wildman–Crippen MR) is 103 cm³/mol. The van der Waals surface area contributed by atoms with Crippen molar-refractivity contribution in [2.45, 2.75) is 65.5 Å². The highest BCUT2D eigenvalue weighted by Crippen LogP contribution is 2.17. The number of esters is 1. The summed E-state index contributed by atoms with van der Waals surface area (Å²) in [5.41, 5.74) is 1.31. The van der Waals surface area contributed by atoms with Gasteiger partial charge >= 0.3 is 12.1 Å². The summed E-state index contributed by atoms with van der Waals surface area (Å²) < 4.78 is 10.1. The van der Waals surface area contributed by atoms with Gasteiger partial charge in [0.05, 0.1) is 6.61 Å². The molecular weight excluding hydrogens is 332 g/mol. The van der Waals surface area contributed by atoms with Crippen molar-refractivity contribution in [3.05, 3.63) is 29.8 Å². The van der Waals surface area contributed by atoms with Crippen LogP contribution in [0.5, 0.6) is 0 Å². The number of rotatable bonds is 9. The van der Waals surface area contributed by atoms with E-state index in [1.807, 2.05) is 52.0 Å². The Hall–Kier alpha value is -2.08. The van der Waals surface area contributed by atoms with E-state index in [0.29, 0.717) is 18.7 Å². The smallest absolute Gasteiger partial charge is 0.412 e. The first-order valence-corrected chi connectivity index (χ1v) is 9.20. The molecule has 0 heterocycles. The van der Waals surface area contributed by atoms with Crippen LogP contribution in [0, 0.1) is 0 Å². The van der Waals surface area contributed by atoms with Gasteiger partial charge in [0, 0.05) is 18.2 Å². The molecule has 1 unspecified atom stereocenters. The molecule has 0 saturated carbocycles. The summed E-state index contributed by atoms with van der Waals surface area (Å²) in [5, 5.41) is 6.15. The number of hydrogen-bond acceptors (Lipinski definition) is 5. The van der Waals surface area contributed by atoms with Crippen molar-refractivity contribution < 1.29 is 19.1 Å². The van der Waals surface area contributed by atoms with E-state index in [1.165, 1.54) is 0 Å². The molecule has 0 aliphatic heterocycles. The van der Waals surface area contributed by atoms with Crippen molar-refractivity contribution in [2.24, 2.45) is 0 Å². The van der Waals surface area contributed by atoms with Gasteiger partial charge in [0.2, 0.25) is 0 Å². The topological polar surface area (TPSA) is 76.7 Å². The van der Waals surface area contributed by atoms with Gasteiger partial charge < -0.3 is 14.8 Å². The minimum atomic E-state index is -0.518. The predicted octanol–water partition coefficient (Wildman–Crippen LogP) is 4.42. The standard InChI is InChI=1S/C20H32N2O4/c1-6-25-18(23)9-7-8-14-21-15(2)16-10-12-17(13-11-16)22-19(24)26-20(3,4)5/h10-13,15,21H,6-9,14H2,1-5H3,(H,22,24). The summed E-state index contributed by atoms with van der Waals surface area (Å²) in [5.74, 6) is -0.131. The van der Waals surface area contributed by atoms with Gasteiger partial charge in [-0.3, -0.25) is 10.1 Å². The van der Waals surface area contributed by atoms with Crippen LogP contribution in [0.1, 0.15) is 65.5 Å². The molecule has 1 aromatic rings. The first kappa shape index (κ1) is 22.0. The van der Waals surface area contributed by atoms with Crippen molar-refractivity contribution in [1.29, 1.82) is 0 Å². The van der Waals surface area contributed by atoms with Crippen molar-refractivity contribution in [1.82, 2.24) is 5.32 Å². The second-order valence-electron chi connectivity index (χ2n) is 7.19. The van der Waals surface area contributed by atoms with E-state index in [4.69, 9.17) is 9.47 Å². The molecule has 0 fully saturated rings. The van der Waals surface area contributed by atoms with Crippen molar-refractivity contribution >= 4 is 17.7 Å². The SMILES string of the molecule is CCOC(=O)CCCCNC(C)c1ccc(NC(=O)OC(C)(C)C)cc1. The molecular formula is C20H32N2O4. The molecule has 1 rings (SSSR count). The lowest BCUT2D eigenvalue weighted by atomic mass is 10.1. The highest BCUT2D eigenvalue weighted by atomic mass is 16.6. The molecule has 146 valence electrons. The number of benzene rings is 1. The third kappa shape index (κ3) is 9.42. The zero-order valence-electron chi connectivity index (χ0n) is 16.6. The van der Waals surface area contributed by atoms with Gasteiger partial charge in [-0.1, -0.05) is 12.1 Å². The van der Waals surface area contributed by atoms with Crippen LogP contribution in [0.4, 0.5) is 10.5 Å². The second-order valence-corrected chi connectivity index (χ2v) is 7.19. The molecule has 26 heavy (non-hydrogen) atoms. The maximum absolute atomic E-state index is 11.8. The average molecular weight is 364 g/mol. The van der Waals surface area contributed by atoms with Gasteiger partial charge in [-0.05, 0) is 71.7 Å². The molecule has 0 aliphatic carbocycles. The monoisotopic (exact) mass is 364 g/mol. The lowest BCUT2D eigenvalue weighted by Crippen LogP contribution is -2.27. The summed E-state index contributed by atoms with van der Waals surface area (Å²) in [6.45, 7) is 10.7. The van der Waals surface area contributed by atoms with E-state index in [9.17, 15) is 9.59 Å². The molecule has 6 nitrogen and oxygen atoms in total. The fraction of sp³-hybridized carbons (Fsp3) is 0.600. The second kappa shape index (κ2) is 10.8. The summed E-state index contributed by atoms with van der Waals surface area (Å²) in [4.78, 5) is 23.0. The first-order chi connectivity index (χ1) is 12.2. The maximum Gasteiger partial charge on any atom is 0.412 e. The lowest BCUT2D eigenvalue weighted by molar-refractivity contribution is -0.143. The van der Waals surface area contributed by atoms with E-state index in [1.54, 1.807) is 0 Å². The Morgan fingerprint density at radius 3 is 2.35 bits per heavy atom. The highest BCUT2D eigenvalue weighted by molar-refractivity contribution is 5.84. The van der Waals surface area contributed by atoms with Gasteiger partial charge in [0.1, 0.15) is 5.60 Å². The van der Waals surface area contributed by atoms with Crippen LogP contribution in [0.25, 0.3) is 0 Å². The number of anilines is 1. The molecule has 0 radical (unpaired) electrons. The van der Waals surface area contributed by atoms with E-state index in [2.05, 4.69) is 17.6 Å². The Kier molecular flexibility index (Phi) is 9.13. The Balaban J connectivity index is 2.34. The summed E-state index contributed by atoms with van der Waals surface area (Å²) >= 11 is 0. The molecule has 1 atom stereocenters. The molecule has 1 aromatic carbocycles. The van der Waals surface area contributed by atoms with Gasteiger partial charge in [-0.2, -0.15) is 0 Å². The van der Waals surface area contributed by atoms with Gasteiger partial charge in [-0.25, -0.2) is 4.79 Å². The minimum absolute atomic E-state index is 0.131. The van der Waals surface area contributed by atoms with Crippen LogP contribution < -0.4 is 10.6 Å². The Labute approximate surface area is 156 Å². The van der Waals surface area contributed by atoms with Crippen molar-refractivity contribution in [3.63, 3.8) is 0 Å². The largest absolute Gasteiger partial charge is 0.466 e. The van der Waals surface area contributed by atoms with Gasteiger partial charge in [0.15, 0.2) is 0 Å². The quantitative estimate of drug-likeness (QED) is 0.501. The molecule has 0 saturated heterocycles. The molecule has 0 aromatic heterocycles. The third-order valence-electron chi connectivity index (χ3n) is 3.62. The number of ether oxygens (including phenoxy) is 2. The van der Waals surface area contributed by atoms with Crippen LogP contribution in [-0.4, -0.2) is 30.8 Å². The minimum Gasteiger partial charge on any atom is -0.466 e. The number of carbonyl (C=O) groups is 2. The maximum atomic E-state index is 11.8. The Bertz CT molecular complexity index is 564. The number of amides is 1. The summed E-state index contributed by atoms with van der Waals surface area (Å²) in [7, 11) is 0. The van der Waals surface area contributed by atoms with Gasteiger partial charge in [-0.15, -0.1) is 0 Å². The normalized spacial score (nSPS) is 12.3. The van der Waals surface area contributed by atoms with Crippen molar-refractivity contribution in [3.8, 4) is 0 Å². The molecule has 1 amide bonds. The van der Waals surface area contributed by atoms with Crippen LogP contribution in [0.2, 0.25) is 0 Å². The van der Waals surface area contributed by atoms with Crippen LogP contribution in [0.15, 0.2) is 24.3 Å². The van der Waals surface area contributed by atoms with Gasteiger partial charge in [0.25, 0.3) is 0 Å². The number of nitrogens with one attached hydrogen (secondary N) is 2. The third-order valence-corrected chi connectivity index (χ3v) is 3.62. The number of hydrogen-bond donors (Lipinski definition) is 2. The average Bonchev–Trinajstić information content (AvgIpc) is 2.53. The van der Waals surface area contributed by atoms with Crippen LogP contribution in [-0.2, 0) is 14.3 Å². The molecule has 2 N–H and O–H groups in total. The zero-order valence-corrected chi connectivity index (χ0v) is 16.6. The fourth-order valence-corrected chi connectivity index (χ4v) is 2.34. The van der Waals surface area contributed by atoms with E-state index >= 15 is 0 Å². The van der Waals surface area contributed by atoms with E-state index < -0.39 is 11.7 Å². The summed E-state index contributed by atoms with van der Waals surface area (Å²) in [6, 6.07) is 7.86. The molecule has 0 spiro atoms. The Morgan fingerprint density at radius 2 is 1.77 bits per heavy atom. The van der Waals surface area contributed by atoms with Crippen LogP contribution >= 0.6 is 0 Å². The Morgan fingerprint density at radius 1 is 1.12 bits per heavy atom. The molecule has 0 aliphatic rings. The highest BCUT2D eigenvalue weighted by Gasteiger charge is 2.16. The van der Waals surface area contributed by atoms with Crippen molar-refractivity contribution in [2.75, 3.05) is 18.5 Å². The van der Waals surface area contributed by atoms with E-state index in [0.717, 1.165) is 24.9 Å². The number of unbranched alkanes of at least 4 members (excludes halogenated alkanes) is 1. The van der Waals surface area contributed by atoms with Crippen LogP contribution in [0.3, 0.4) is 0 Å². The number of carbonyl (C=O) groups excluding carboxylic acids is 2. The molecule has 0 bridgehead atoms. The summed E-state index contributed by atoms with van der Waals surface area (Å²) in [6.07, 6.45) is 1.74. The first-order valence-electron chi connectivity index (χ1n) is 9.20. The lowest BCUT2D eigenvalue weighted by Gasteiger charge is -2.20. The fourth-order valence-electron chi connectivity index (χ4n) is 2.34. The zero-order chi connectivity index (χ0) is 19.6.